The lowest BCUT2D eigenvalue weighted by atomic mass is 10.0. The van der Waals surface area contributed by atoms with Gasteiger partial charge in [0.1, 0.15) is 23.0 Å². The van der Waals surface area contributed by atoms with Crippen LogP contribution < -0.4 is 4.52 Å². The van der Waals surface area contributed by atoms with Gasteiger partial charge in [-0.1, -0.05) is 12.1 Å². The van der Waals surface area contributed by atoms with Crippen LogP contribution in [0.1, 0.15) is 24.0 Å². The summed E-state index contributed by atoms with van der Waals surface area (Å²) in [5.41, 5.74) is 1.20. The van der Waals surface area contributed by atoms with Crippen molar-refractivity contribution in [2.24, 2.45) is 0 Å². The molecule has 0 aliphatic carbocycles. The zero-order valence-corrected chi connectivity index (χ0v) is 13.7. The number of hydrogen-bond donors (Lipinski definition) is 5. The number of aromatic hydroxyl groups is 3. The molecule has 24 heavy (non-hydrogen) atoms. The second-order valence-corrected chi connectivity index (χ2v) is 6.56. The van der Waals surface area contributed by atoms with Crippen LogP contribution in [-0.4, -0.2) is 25.1 Å². The lowest BCUT2D eigenvalue weighted by Crippen LogP contribution is -1.97. The molecular formula is C16H19O7P. The highest BCUT2D eigenvalue weighted by Crippen LogP contribution is 2.43. The summed E-state index contributed by atoms with van der Waals surface area (Å²) in [6, 6.07) is 9.05. The third-order valence-electron chi connectivity index (χ3n) is 3.44. The maximum atomic E-state index is 11.0. The first-order chi connectivity index (χ1) is 11.2. The van der Waals surface area contributed by atoms with Crippen LogP contribution in [0.15, 0.2) is 36.4 Å². The molecule has 0 aromatic heterocycles. The molecule has 2 aromatic rings. The van der Waals surface area contributed by atoms with E-state index >= 15 is 0 Å². The lowest BCUT2D eigenvalue weighted by Gasteiger charge is -2.14. The van der Waals surface area contributed by atoms with Gasteiger partial charge in [-0.2, -0.15) is 0 Å². The minimum Gasteiger partial charge on any atom is -0.508 e. The number of phosphoric acid groups is 1. The zero-order valence-electron chi connectivity index (χ0n) is 12.8. The lowest BCUT2D eigenvalue weighted by molar-refractivity contribution is 0.281. The Bertz CT molecular complexity index is 754. The molecule has 2 aromatic carbocycles. The summed E-state index contributed by atoms with van der Waals surface area (Å²) < 4.78 is 15.5. The highest BCUT2D eigenvalue weighted by atomic mass is 31.2. The van der Waals surface area contributed by atoms with Gasteiger partial charge in [-0.25, -0.2) is 4.57 Å². The molecule has 0 fully saturated rings. The predicted octanol–water partition coefficient (Wildman–Crippen LogP) is 2.84. The number of phosphoric ester groups is 1. The third kappa shape index (κ3) is 5.45. The number of phenols is 3. The van der Waals surface area contributed by atoms with Crippen molar-refractivity contribution in [1.82, 2.24) is 0 Å². The van der Waals surface area contributed by atoms with E-state index in [0.29, 0.717) is 19.3 Å². The fraction of sp³-hybridized carbons (Fsp3) is 0.250. The Morgan fingerprint density at radius 2 is 1.62 bits per heavy atom. The zero-order chi connectivity index (χ0) is 17.7. The number of hydrogen-bond acceptors (Lipinski definition) is 5. The fourth-order valence-electron chi connectivity index (χ4n) is 2.42. The van der Waals surface area contributed by atoms with Crippen molar-refractivity contribution in [3.8, 4) is 23.0 Å². The molecule has 0 saturated carbocycles. The summed E-state index contributed by atoms with van der Waals surface area (Å²) in [5, 5.41) is 28.7. The number of phenolic OH excluding ortho intramolecular Hbond substituents is 3. The van der Waals surface area contributed by atoms with Gasteiger partial charge < -0.3 is 19.8 Å². The van der Waals surface area contributed by atoms with E-state index < -0.39 is 7.82 Å². The first-order valence-corrected chi connectivity index (χ1v) is 8.85. The van der Waals surface area contributed by atoms with Crippen LogP contribution in [0.2, 0.25) is 0 Å². The van der Waals surface area contributed by atoms with Gasteiger partial charge in [-0.05, 0) is 43.4 Å². The molecule has 8 heteroatoms. The summed E-state index contributed by atoms with van der Waals surface area (Å²) in [6.07, 6.45) is 2.38. The van der Waals surface area contributed by atoms with E-state index in [2.05, 4.69) is 4.52 Å². The van der Waals surface area contributed by atoms with Gasteiger partial charge in [0.05, 0.1) is 0 Å². The standard InChI is InChI=1S/C16H19O7P/c17-12-6-3-5-11(8-12)4-1-2-7-14-15(19)9-13(18)10-16(14)23-24(20,21)22/h3,5-6,8-10,17-19H,1-2,4,7H2,(H2,20,21,22). The van der Waals surface area contributed by atoms with Crippen molar-refractivity contribution in [2.45, 2.75) is 25.7 Å². The number of aryl methyl sites for hydroxylation is 1. The molecule has 0 atom stereocenters. The Balaban J connectivity index is 2.02. The van der Waals surface area contributed by atoms with E-state index in [4.69, 9.17) is 9.79 Å². The van der Waals surface area contributed by atoms with Crippen molar-refractivity contribution >= 4 is 7.82 Å². The largest absolute Gasteiger partial charge is 0.524 e. The molecule has 0 bridgehead atoms. The monoisotopic (exact) mass is 354 g/mol. The molecule has 0 saturated heterocycles. The van der Waals surface area contributed by atoms with Crippen LogP contribution in [0.5, 0.6) is 23.0 Å². The topological polar surface area (TPSA) is 127 Å². The van der Waals surface area contributed by atoms with Gasteiger partial charge in [0.2, 0.25) is 0 Å². The SMILES string of the molecule is O=P(O)(O)Oc1cc(O)cc(O)c1CCCCc1cccc(O)c1. The van der Waals surface area contributed by atoms with Crippen molar-refractivity contribution in [1.29, 1.82) is 0 Å². The van der Waals surface area contributed by atoms with E-state index in [-0.39, 0.29) is 28.6 Å². The van der Waals surface area contributed by atoms with Crippen molar-refractivity contribution in [2.75, 3.05) is 0 Å². The quantitative estimate of drug-likeness (QED) is 0.382. The van der Waals surface area contributed by atoms with Gasteiger partial charge in [-0.15, -0.1) is 0 Å². The summed E-state index contributed by atoms with van der Waals surface area (Å²) in [6.45, 7) is 0. The molecule has 2 rings (SSSR count). The van der Waals surface area contributed by atoms with E-state index in [1.165, 1.54) is 0 Å². The number of benzene rings is 2. The minimum atomic E-state index is -4.80. The highest BCUT2D eigenvalue weighted by molar-refractivity contribution is 7.46. The molecule has 7 nitrogen and oxygen atoms in total. The van der Waals surface area contributed by atoms with Crippen LogP contribution in [0.3, 0.4) is 0 Å². The van der Waals surface area contributed by atoms with Crippen LogP contribution in [0.25, 0.3) is 0 Å². The van der Waals surface area contributed by atoms with Crippen LogP contribution in [-0.2, 0) is 17.4 Å². The minimum absolute atomic E-state index is 0.195. The number of rotatable bonds is 7. The third-order valence-corrected chi connectivity index (χ3v) is 3.87. The maximum absolute atomic E-state index is 11.0. The van der Waals surface area contributed by atoms with E-state index in [1.807, 2.05) is 6.07 Å². The average Bonchev–Trinajstić information content (AvgIpc) is 2.43. The fourth-order valence-corrected chi connectivity index (χ4v) is 2.84. The Hall–Kier alpha value is -2.21. The second kappa shape index (κ2) is 7.57. The van der Waals surface area contributed by atoms with E-state index in [0.717, 1.165) is 24.1 Å². The normalized spacial score (nSPS) is 11.4. The molecule has 0 unspecified atom stereocenters. The first kappa shape index (κ1) is 18.1. The molecule has 0 radical (unpaired) electrons. The Morgan fingerprint density at radius 1 is 0.917 bits per heavy atom. The molecular weight excluding hydrogens is 335 g/mol. The van der Waals surface area contributed by atoms with Gasteiger partial charge in [0.25, 0.3) is 0 Å². The van der Waals surface area contributed by atoms with Crippen molar-refractivity contribution in [3.05, 3.63) is 47.5 Å². The Labute approximate surface area is 139 Å². The molecule has 0 heterocycles. The Kier molecular flexibility index (Phi) is 5.72. The average molecular weight is 354 g/mol. The highest BCUT2D eigenvalue weighted by Gasteiger charge is 2.21. The van der Waals surface area contributed by atoms with Gasteiger partial charge in [0.15, 0.2) is 0 Å². The van der Waals surface area contributed by atoms with E-state index in [9.17, 15) is 19.9 Å². The summed E-state index contributed by atoms with van der Waals surface area (Å²) in [7, 11) is -4.80. The van der Waals surface area contributed by atoms with Crippen molar-refractivity contribution in [3.63, 3.8) is 0 Å². The van der Waals surface area contributed by atoms with Crippen LogP contribution in [0.4, 0.5) is 0 Å². The van der Waals surface area contributed by atoms with Gasteiger partial charge >= 0.3 is 7.82 Å². The molecule has 0 aliphatic rings. The summed E-state index contributed by atoms with van der Waals surface area (Å²) >= 11 is 0. The van der Waals surface area contributed by atoms with Gasteiger partial charge in [-0.3, -0.25) is 9.79 Å². The van der Waals surface area contributed by atoms with Crippen LogP contribution in [0, 0.1) is 0 Å². The number of unbranched alkanes of at least 4 members (excludes halogenated alkanes) is 1. The maximum Gasteiger partial charge on any atom is 0.524 e. The van der Waals surface area contributed by atoms with Crippen molar-refractivity contribution < 1.29 is 34.2 Å². The second-order valence-electron chi connectivity index (χ2n) is 5.40. The smallest absolute Gasteiger partial charge is 0.508 e. The molecule has 130 valence electrons. The molecule has 0 spiro atoms. The summed E-state index contributed by atoms with van der Waals surface area (Å²) in [4.78, 5) is 17.9. The summed E-state index contributed by atoms with van der Waals surface area (Å²) in [5.74, 6) is -0.672. The molecule has 0 amide bonds. The Morgan fingerprint density at radius 3 is 2.29 bits per heavy atom. The van der Waals surface area contributed by atoms with Crippen LogP contribution >= 0.6 is 7.82 Å². The molecule has 0 aliphatic heterocycles. The predicted molar refractivity (Wildman–Crippen MR) is 87.2 cm³/mol. The van der Waals surface area contributed by atoms with E-state index in [1.54, 1.807) is 18.2 Å². The van der Waals surface area contributed by atoms with Gasteiger partial charge in [0, 0.05) is 17.7 Å². The molecule has 5 N–H and O–H groups in total. The first-order valence-electron chi connectivity index (χ1n) is 7.32.